The molecule has 22 heavy (non-hydrogen) atoms. The molecule has 0 radical (unpaired) electrons. The molecule has 0 N–H and O–H groups in total. The predicted octanol–water partition coefficient (Wildman–Crippen LogP) is 2.86. The monoisotopic (exact) mass is 293 g/mol. The molecule has 3 nitrogen and oxygen atoms in total. The van der Waals surface area contributed by atoms with Gasteiger partial charge in [0.25, 0.3) is 0 Å². The number of allylic oxidation sites excluding steroid dienone is 2. The first-order valence-corrected chi connectivity index (χ1v) is 8.21. The molecule has 2 saturated carbocycles. The van der Waals surface area contributed by atoms with E-state index in [1.54, 1.807) is 0 Å². The van der Waals surface area contributed by atoms with Gasteiger partial charge in [-0.15, -0.1) is 0 Å². The van der Waals surface area contributed by atoms with Crippen LogP contribution in [0.4, 0.5) is 5.69 Å². The number of imide groups is 1. The molecule has 0 aromatic heterocycles. The van der Waals surface area contributed by atoms with Crippen LogP contribution < -0.4 is 4.90 Å². The summed E-state index contributed by atoms with van der Waals surface area (Å²) in [5, 5.41) is 0. The SMILES string of the molecule is Cc1ccc(N2C(=O)[C@@H]3[C@H]4C=C[C@@H]([C@@H]5C[C@H]45)[C@H]3C2=O)cc1C. The van der Waals surface area contributed by atoms with E-state index in [4.69, 9.17) is 0 Å². The standard InChI is InChI=1S/C19H19NO2/c1-9-3-4-11(7-10(9)2)20-18(21)16-12-5-6-13(15-8-14(12)15)17(16)19(20)22/h3-7,12-17H,8H2,1-2H3/t12-,13-,14-,15+,16+,17+/m0/s1. The zero-order valence-electron chi connectivity index (χ0n) is 12.8. The second-order valence-corrected chi connectivity index (χ2v) is 7.44. The molecule has 0 spiro atoms. The molecule has 3 heteroatoms. The van der Waals surface area contributed by atoms with Crippen molar-refractivity contribution in [3.05, 3.63) is 41.5 Å². The number of amides is 2. The lowest BCUT2D eigenvalue weighted by Crippen LogP contribution is -2.40. The second kappa shape index (κ2) is 3.89. The van der Waals surface area contributed by atoms with Gasteiger partial charge in [0, 0.05) is 0 Å². The van der Waals surface area contributed by atoms with Crippen LogP contribution in [-0.4, -0.2) is 11.8 Å². The summed E-state index contributed by atoms with van der Waals surface area (Å²) >= 11 is 0. The van der Waals surface area contributed by atoms with E-state index < -0.39 is 0 Å². The van der Waals surface area contributed by atoms with Gasteiger partial charge in [0.15, 0.2) is 0 Å². The van der Waals surface area contributed by atoms with Crippen molar-refractivity contribution in [2.24, 2.45) is 35.5 Å². The van der Waals surface area contributed by atoms with Gasteiger partial charge >= 0.3 is 0 Å². The van der Waals surface area contributed by atoms with E-state index in [0.29, 0.717) is 23.7 Å². The first-order valence-electron chi connectivity index (χ1n) is 8.21. The first kappa shape index (κ1) is 12.6. The number of anilines is 1. The number of carbonyl (C=O) groups is 2. The van der Waals surface area contributed by atoms with E-state index in [2.05, 4.69) is 12.2 Å². The average Bonchev–Trinajstić information content (AvgIpc) is 3.28. The zero-order valence-corrected chi connectivity index (χ0v) is 12.8. The summed E-state index contributed by atoms with van der Waals surface area (Å²) in [5.41, 5.74) is 3.06. The van der Waals surface area contributed by atoms with Crippen molar-refractivity contribution < 1.29 is 9.59 Å². The molecular formula is C19H19NO2. The van der Waals surface area contributed by atoms with Crippen molar-refractivity contribution >= 4 is 17.5 Å². The Morgan fingerprint density at radius 2 is 1.50 bits per heavy atom. The summed E-state index contributed by atoms with van der Waals surface area (Å²) in [6, 6.07) is 5.88. The first-order chi connectivity index (χ1) is 10.6. The maximum absolute atomic E-state index is 13.0. The van der Waals surface area contributed by atoms with Gasteiger partial charge in [-0.3, -0.25) is 14.5 Å². The van der Waals surface area contributed by atoms with Crippen LogP contribution in [0.15, 0.2) is 30.4 Å². The molecule has 0 unspecified atom stereocenters. The van der Waals surface area contributed by atoms with E-state index >= 15 is 0 Å². The maximum Gasteiger partial charge on any atom is 0.238 e. The molecule has 6 rings (SSSR count). The Morgan fingerprint density at radius 1 is 0.909 bits per heavy atom. The highest BCUT2D eigenvalue weighted by molar-refractivity contribution is 6.22. The summed E-state index contributed by atoms with van der Waals surface area (Å²) in [4.78, 5) is 27.4. The van der Waals surface area contributed by atoms with Crippen molar-refractivity contribution in [2.45, 2.75) is 20.3 Å². The van der Waals surface area contributed by atoms with Crippen LogP contribution in [0.5, 0.6) is 0 Å². The zero-order chi connectivity index (χ0) is 15.2. The minimum absolute atomic E-state index is 0.0305. The predicted molar refractivity (Wildman–Crippen MR) is 83.1 cm³/mol. The normalized spacial score (nSPS) is 40.9. The number of aryl methyl sites for hydroxylation is 2. The second-order valence-electron chi connectivity index (χ2n) is 7.44. The van der Waals surface area contributed by atoms with Crippen molar-refractivity contribution in [3.8, 4) is 0 Å². The molecule has 1 saturated heterocycles. The number of hydrogen-bond acceptors (Lipinski definition) is 2. The Labute approximate surface area is 130 Å². The molecule has 112 valence electrons. The van der Waals surface area contributed by atoms with E-state index in [1.165, 1.54) is 16.9 Å². The van der Waals surface area contributed by atoms with Gasteiger partial charge in [-0.05, 0) is 67.2 Å². The minimum Gasteiger partial charge on any atom is -0.274 e. The molecule has 1 heterocycles. The number of rotatable bonds is 1. The van der Waals surface area contributed by atoms with Crippen LogP contribution >= 0.6 is 0 Å². The Bertz CT molecular complexity index is 714. The molecule has 1 aromatic rings. The number of carbonyl (C=O) groups excluding carboxylic acids is 2. The maximum atomic E-state index is 13.0. The number of hydrogen-bond donors (Lipinski definition) is 0. The Hall–Kier alpha value is -1.90. The van der Waals surface area contributed by atoms with Crippen LogP contribution in [0, 0.1) is 49.4 Å². The third kappa shape index (κ3) is 1.37. The fraction of sp³-hybridized carbons (Fsp3) is 0.474. The fourth-order valence-corrected chi connectivity index (χ4v) is 5.08. The van der Waals surface area contributed by atoms with E-state index in [0.717, 1.165) is 11.3 Å². The van der Waals surface area contributed by atoms with Gasteiger partial charge in [0.05, 0.1) is 17.5 Å². The van der Waals surface area contributed by atoms with Gasteiger partial charge in [0.1, 0.15) is 0 Å². The van der Waals surface area contributed by atoms with Gasteiger partial charge in [0.2, 0.25) is 11.8 Å². The highest BCUT2D eigenvalue weighted by atomic mass is 16.2. The quantitative estimate of drug-likeness (QED) is 0.590. The van der Waals surface area contributed by atoms with Crippen LogP contribution in [0.2, 0.25) is 0 Å². The van der Waals surface area contributed by atoms with E-state index in [1.807, 2.05) is 32.0 Å². The highest BCUT2D eigenvalue weighted by Gasteiger charge is 2.67. The average molecular weight is 293 g/mol. The van der Waals surface area contributed by atoms with Crippen LogP contribution in [0.1, 0.15) is 17.5 Å². The van der Waals surface area contributed by atoms with E-state index in [-0.39, 0.29) is 23.7 Å². The van der Waals surface area contributed by atoms with Crippen molar-refractivity contribution in [1.29, 1.82) is 0 Å². The largest absolute Gasteiger partial charge is 0.274 e. The van der Waals surface area contributed by atoms with Crippen LogP contribution in [0.25, 0.3) is 0 Å². The molecule has 2 amide bonds. The Morgan fingerprint density at radius 3 is 2.05 bits per heavy atom. The van der Waals surface area contributed by atoms with Crippen molar-refractivity contribution in [1.82, 2.24) is 0 Å². The lowest BCUT2D eigenvalue weighted by atomic mass is 9.63. The third-order valence-corrected chi connectivity index (χ3v) is 6.41. The van der Waals surface area contributed by atoms with Gasteiger partial charge in [-0.2, -0.15) is 0 Å². The van der Waals surface area contributed by atoms with Crippen molar-refractivity contribution in [2.75, 3.05) is 4.90 Å². The van der Waals surface area contributed by atoms with Crippen LogP contribution in [0.3, 0.4) is 0 Å². The molecule has 3 fully saturated rings. The lowest BCUT2D eigenvalue weighted by molar-refractivity contribution is -0.124. The summed E-state index contributed by atoms with van der Waals surface area (Å²) in [6.07, 6.45) is 5.64. The van der Waals surface area contributed by atoms with Gasteiger partial charge < -0.3 is 0 Å². The summed E-state index contributed by atoms with van der Waals surface area (Å²) in [5.74, 6) is 1.77. The minimum atomic E-state index is -0.104. The topological polar surface area (TPSA) is 37.4 Å². The van der Waals surface area contributed by atoms with Gasteiger partial charge in [-0.1, -0.05) is 18.2 Å². The Balaban J connectivity index is 1.58. The van der Waals surface area contributed by atoms with Crippen molar-refractivity contribution in [3.63, 3.8) is 0 Å². The summed E-state index contributed by atoms with van der Waals surface area (Å²) in [7, 11) is 0. The highest BCUT2D eigenvalue weighted by Crippen LogP contribution is 2.65. The lowest BCUT2D eigenvalue weighted by Gasteiger charge is -2.37. The smallest absolute Gasteiger partial charge is 0.238 e. The molecule has 4 aliphatic carbocycles. The number of nitrogens with zero attached hydrogens (tertiary/aromatic N) is 1. The van der Waals surface area contributed by atoms with Crippen LogP contribution in [-0.2, 0) is 9.59 Å². The summed E-state index contributed by atoms with van der Waals surface area (Å²) in [6.45, 7) is 4.07. The molecule has 1 aliphatic heterocycles. The molecule has 6 atom stereocenters. The Kier molecular flexibility index (Phi) is 2.23. The molecular weight excluding hydrogens is 274 g/mol. The fourth-order valence-electron chi connectivity index (χ4n) is 5.08. The number of benzene rings is 1. The van der Waals surface area contributed by atoms with Gasteiger partial charge in [-0.25, -0.2) is 0 Å². The van der Waals surface area contributed by atoms with E-state index in [9.17, 15) is 9.59 Å². The molecule has 1 aromatic carbocycles. The summed E-state index contributed by atoms with van der Waals surface area (Å²) < 4.78 is 0. The molecule has 5 aliphatic rings. The molecule has 2 bridgehead atoms. The third-order valence-electron chi connectivity index (χ3n) is 6.41.